The highest BCUT2D eigenvalue weighted by Gasteiger charge is 2.57. The minimum atomic E-state index is -1.30. The Morgan fingerprint density at radius 2 is 1.74 bits per heavy atom. The van der Waals surface area contributed by atoms with Gasteiger partial charge in [-0.15, -0.1) is 0 Å². The quantitative estimate of drug-likeness (QED) is 0.0551. The minimum Gasteiger partial charge on any atom is -0.361 e. The predicted molar refractivity (Wildman–Crippen MR) is 228 cm³/mol. The molecule has 2 atom stereocenters. The van der Waals surface area contributed by atoms with Crippen LogP contribution in [0.1, 0.15) is 134 Å². The Morgan fingerprint density at radius 1 is 1.00 bits per heavy atom. The van der Waals surface area contributed by atoms with Crippen molar-refractivity contribution in [3.8, 4) is 11.3 Å². The summed E-state index contributed by atoms with van der Waals surface area (Å²) in [6.45, 7) is 10.8. The molecule has 5 rings (SSSR count). The number of amides is 1. The summed E-state index contributed by atoms with van der Waals surface area (Å²) in [4.78, 5) is 44.5. The van der Waals surface area contributed by atoms with E-state index >= 15 is 0 Å². The summed E-state index contributed by atoms with van der Waals surface area (Å²) in [5, 5.41) is 6.20. The van der Waals surface area contributed by atoms with Gasteiger partial charge in [-0.1, -0.05) is 106 Å². The highest BCUT2D eigenvalue weighted by Crippen LogP contribution is 2.61. The molecule has 2 aliphatic carbocycles. The number of imidazole rings is 1. The molecule has 0 bridgehead atoms. The third kappa shape index (κ3) is 12.0. The van der Waals surface area contributed by atoms with Gasteiger partial charge in [-0.05, 0) is 80.0 Å². The van der Waals surface area contributed by atoms with E-state index in [0.717, 1.165) is 104 Å². The van der Waals surface area contributed by atoms with E-state index in [1.165, 1.54) is 44.9 Å². The first-order valence-corrected chi connectivity index (χ1v) is 26.0. The topological polar surface area (TPSA) is 95.2 Å². The largest absolute Gasteiger partial charge is 0.361 e. The Morgan fingerprint density at radius 3 is 2.48 bits per heavy atom. The van der Waals surface area contributed by atoms with Gasteiger partial charge >= 0.3 is 0 Å². The van der Waals surface area contributed by atoms with Crippen molar-refractivity contribution in [1.29, 1.82) is 0 Å². The van der Waals surface area contributed by atoms with Crippen LogP contribution in [-0.4, -0.2) is 45.8 Å². The molecular formula is C44H67BrN4O4Si. The van der Waals surface area contributed by atoms with Crippen LogP contribution in [0, 0.1) is 11.3 Å². The van der Waals surface area contributed by atoms with Crippen molar-refractivity contribution < 1.29 is 14.3 Å². The number of hydrogen-bond donors (Lipinski definition) is 1. The Bertz CT molecular complexity index is 1720. The third-order valence-corrected chi connectivity index (χ3v) is 14.2. The van der Waals surface area contributed by atoms with E-state index in [0.29, 0.717) is 32.0 Å². The lowest BCUT2D eigenvalue weighted by atomic mass is 9.84. The molecule has 2 heterocycles. The van der Waals surface area contributed by atoms with Gasteiger partial charge in [0.2, 0.25) is 5.91 Å². The fraction of sp³-hybridized carbons (Fsp3) is 0.682. The average molecular weight is 824 g/mol. The van der Waals surface area contributed by atoms with Crippen LogP contribution >= 0.6 is 15.9 Å². The van der Waals surface area contributed by atoms with E-state index in [9.17, 15) is 14.4 Å². The van der Waals surface area contributed by atoms with Crippen molar-refractivity contribution in [3.63, 3.8) is 0 Å². The standard InChI is InChI=1S/C44H67BrN4O4Si/c1-5-36(50)18-12-10-13-19-39(47-42(51)38-31-44(38)23-14-11-15-24-44)41-46-32-40(49(41)33-53-28-29-54(2,3)4)35-20-21-37-34(30-35)22-27-48(43(37)52)26-17-9-7-6-8-16-25-45/h20-22,27,30,32,38-39H,5-19,23-26,28-29,31,33H2,1-4H3,(H,47,51)/t38-,39+/m1/s1. The van der Waals surface area contributed by atoms with Gasteiger partial charge in [0.1, 0.15) is 18.3 Å². The van der Waals surface area contributed by atoms with Crippen LogP contribution in [0.3, 0.4) is 0 Å². The number of carbonyl (C=O) groups is 2. The fourth-order valence-corrected chi connectivity index (χ4v) is 9.52. The maximum absolute atomic E-state index is 13.9. The van der Waals surface area contributed by atoms with E-state index in [-0.39, 0.29) is 28.8 Å². The number of alkyl halides is 1. The molecule has 1 amide bonds. The molecule has 298 valence electrons. The Labute approximate surface area is 333 Å². The number of fused-ring (bicyclic) bond motifs is 1. The van der Waals surface area contributed by atoms with E-state index in [1.54, 1.807) is 0 Å². The molecule has 2 aromatic heterocycles. The number of carbonyl (C=O) groups excluding carboxylic acids is 2. The lowest BCUT2D eigenvalue weighted by molar-refractivity contribution is -0.124. The number of nitrogens with one attached hydrogen (secondary N) is 1. The SMILES string of the molecule is CCC(=O)CCCCC[C@H](NC(=O)[C@H]1CC12CCCCC2)c1ncc(-c2ccc3c(=O)n(CCCCCCCCBr)ccc3c2)n1COCC[Si](C)(C)C. The Balaban J connectivity index is 1.38. The molecule has 0 unspecified atom stereocenters. The van der Waals surface area contributed by atoms with E-state index < -0.39 is 8.07 Å². The molecule has 0 radical (unpaired) electrons. The molecule has 2 saturated carbocycles. The first-order valence-electron chi connectivity index (χ1n) is 21.2. The number of ether oxygens (including phenoxy) is 1. The molecule has 8 nitrogen and oxygen atoms in total. The number of aromatic nitrogens is 3. The molecular weight excluding hydrogens is 756 g/mol. The average Bonchev–Trinajstić information content (AvgIpc) is 3.68. The first-order chi connectivity index (χ1) is 26.0. The van der Waals surface area contributed by atoms with Crippen LogP contribution in [-0.2, 0) is 27.6 Å². The first kappa shape index (κ1) is 42.6. The van der Waals surface area contributed by atoms with Gasteiger partial charge in [0.05, 0.1) is 17.9 Å². The second kappa shape index (κ2) is 20.6. The molecule has 1 spiro atoms. The van der Waals surface area contributed by atoms with Gasteiger partial charge < -0.3 is 19.2 Å². The summed E-state index contributed by atoms with van der Waals surface area (Å²) < 4.78 is 10.4. The second-order valence-corrected chi connectivity index (χ2v) is 23.9. The summed E-state index contributed by atoms with van der Waals surface area (Å²) >= 11 is 3.51. The highest BCUT2D eigenvalue weighted by molar-refractivity contribution is 9.09. The number of rotatable bonds is 24. The molecule has 0 aliphatic heterocycles. The number of Topliss-reactive ketones (excluding diaryl/α,β-unsaturated/α-hetero) is 1. The summed E-state index contributed by atoms with van der Waals surface area (Å²) in [5.41, 5.74) is 2.15. The maximum atomic E-state index is 13.9. The molecule has 1 N–H and O–H groups in total. The van der Waals surface area contributed by atoms with E-state index in [1.807, 2.05) is 36.0 Å². The lowest BCUT2D eigenvalue weighted by Crippen LogP contribution is -2.34. The van der Waals surface area contributed by atoms with Crippen molar-refractivity contribution in [3.05, 3.63) is 52.8 Å². The fourth-order valence-electron chi connectivity index (χ4n) is 8.36. The van der Waals surface area contributed by atoms with Crippen molar-refractivity contribution in [2.24, 2.45) is 11.3 Å². The van der Waals surface area contributed by atoms with Gasteiger partial charge in [0, 0.05) is 62.5 Å². The van der Waals surface area contributed by atoms with Crippen molar-refractivity contribution in [1.82, 2.24) is 19.4 Å². The summed E-state index contributed by atoms with van der Waals surface area (Å²) in [6.07, 6.45) is 22.7. The smallest absolute Gasteiger partial charge is 0.258 e. The molecule has 1 aromatic carbocycles. The molecule has 54 heavy (non-hydrogen) atoms. The lowest BCUT2D eigenvalue weighted by Gasteiger charge is -2.24. The van der Waals surface area contributed by atoms with Gasteiger partial charge in [0.15, 0.2) is 0 Å². The zero-order chi connectivity index (χ0) is 38.6. The Hall–Kier alpha value is -2.56. The highest BCUT2D eigenvalue weighted by atomic mass is 79.9. The van der Waals surface area contributed by atoms with Crippen molar-refractivity contribution in [2.45, 2.75) is 168 Å². The zero-order valence-electron chi connectivity index (χ0n) is 33.7. The number of benzene rings is 1. The van der Waals surface area contributed by atoms with E-state index in [4.69, 9.17) is 9.72 Å². The van der Waals surface area contributed by atoms with Crippen LogP contribution < -0.4 is 10.9 Å². The summed E-state index contributed by atoms with van der Waals surface area (Å²) in [7, 11) is -1.30. The summed E-state index contributed by atoms with van der Waals surface area (Å²) in [5.74, 6) is 1.38. The normalized spacial score (nSPS) is 17.2. The molecule has 10 heteroatoms. The number of ketones is 1. The van der Waals surface area contributed by atoms with Crippen molar-refractivity contribution >= 4 is 46.5 Å². The predicted octanol–water partition coefficient (Wildman–Crippen LogP) is 11.0. The Kier molecular flexibility index (Phi) is 16.2. The number of pyridine rings is 1. The van der Waals surface area contributed by atoms with Crippen LogP contribution in [0.4, 0.5) is 0 Å². The van der Waals surface area contributed by atoms with Crippen LogP contribution in [0.15, 0.2) is 41.5 Å². The molecule has 2 fully saturated rings. The van der Waals surface area contributed by atoms with Crippen LogP contribution in [0.25, 0.3) is 22.0 Å². The second-order valence-electron chi connectivity index (χ2n) is 17.4. The number of hydrogen-bond acceptors (Lipinski definition) is 5. The third-order valence-electron chi connectivity index (χ3n) is 12.0. The van der Waals surface area contributed by atoms with Gasteiger partial charge in [-0.25, -0.2) is 4.98 Å². The van der Waals surface area contributed by atoms with Gasteiger partial charge in [-0.2, -0.15) is 0 Å². The van der Waals surface area contributed by atoms with Crippen LogP contribution in [0.5, 0.6) is 0 Å². The number of unbranched alkanes of at least 4 members (excludes halogenated alkanes) is 7. The van der Waals surface area contributed by atoms with E-state index in [2.05, 4.69) is 57.6 Å². The molecule has 2 aliphatic rings. The summed E-state index contributed by atoms with van der Waals surface area (Å²) in [6, 6.07) is 8.96. The van der Waals surface area contributed by atoms with Crippen molar-refractivity contribution in [2.75, 3.05) is 11.9 Å². The minimum absolute atomic E-state index is 0.0569. The van der Waals surface area contributed by atoms with Crippen LogP contribution in [0.2, 0.25) is 25.7 Å². The number of halogens is 1. The maximum Gasteiger partial charge on any atom is 0.258 e. The molecule has 0 saturated heterocycles. The van der Waals surface area contributed by atoms with Gasteiger partial charge in [0.25, 0.3) is 5.56 Å². The monoisotopic (exact) mass is 822 g/mol. The number of nitrogens with zero attached hydrogens (tertiary/aromatic N) is 3. The van der Waals surface area contributed by atoms with Gasteiger partial charge in [-0.3, -0.25) is 14.4 Å². The zero-order valence-corrected chi connectivity index (χ0v) is 36.3. The molecule has 3 aromatic rings. The number of aryl methyl sites for hydroxylation is 1.